The molecule has 0 bridgehead atoms. The predicted octanol–water partition coefficient (Wildman–Crippen LogP) is 2.49. The molecular weight excluding hydrogens is 158 g/mol. The second kappa shape index (κ2) is 2.81. The van der Waals surface area contributed by atoms with Crippen LogP contribution in [0.2, 0.25) is 0 Å². The highest BCUT2D eigenvalue weighted by molar-refractivity contribution is 7.81. The molecule has 0 aromatic carbocycles. The fourth-order valence-corrected chi connectivity index (χ4v) is 1.15. The van der Waals surface area contributed by atoms with Crippen molar-refractivity contribution in [1.29, 1.82) is 0 Å². The van der Waals surface area contributed by atoms with Crippen molar-refractivity contribution in [2.45, 2.75) is 18.6 Å². The van der Waals surface area contributed by atoms with Crippen LogP contribution in [-0.2, 0) is 4.75 Å². The molecule has 62 valence electrons. The summed E-state index contributed by atoms with van der Waals surface area (Å²) in [6, 6.07) is 1.90. The van der Waals surface area contributed by atoms with Crippen molar-refractivity contribution in [3.63, 3.8) is 0 Å². The van der Waals surface area contributed by atoms with Gasteiger partial charge in [-0.1, -0.05) is 0 Å². The molecule has 11 heavy (non-hydrogen) atoms. The Morgan fingerprint density at radius 2 is 2.18 bits per heavy atom. The molecule has 0 saturated heterocycles. The van der Waals surface area contributed by atoms with E-state index in [0.29, 0.717) is 0 Å². The average molecular weight is 171 g/mol. The SMILES string of the molecule is CNc1ccoc1C(C)(C)S. The lowest BCUT2D eigenvalue weighted by atomic mass is 10.1. The van der Waals surface area contributed by atoms with Gasteiger partial charge in [0, 0.05) is 7.05 Å². The quantitative estimate of drug-likeness (QED) is 0.668. The van der Waals surface area contributed by atoms with E-state index in [9.17, 15) is 0 Å². The van der Waals surface area contributed by atoms with Gasteiger partial charge in [-0.25, -0.2) is 0 Å². The third kappa shape index (κ3) is 1.71. The number of hydrogen-bond donors (Lipinski definition) is 2. The van der Waals surface area contributed by atoms with Crippen molar-refractivity contribution in [2.24, 2.45) is 0 Å². The summed E-state index contributed by atoms with van der Waals surface area (Å²) in [7, 11) is 1.87. The fraction of sp³-hybridized carbons (Fsp3) is 0.500. The molecule has 2 nitrogen and oxygen atoms in total. The van der Waals surface area contributed by atoms with Gasteiger partial charge in [0.2, 0.25) is 0 Å². The Balaban J connectivity index is 3.02. The summed E-state index contributed by atoms with van der Waals surface area (Å²) in [6.07, 6.45) is 1.67. The highest BCUT2D eigenvalue weighted by Crippen LogP contribution is 2.33. The molecule has 1 rings (SSSR count). The maximum absolute atomic E-state index is 5.28. The molecule has 0 atom stereocenters. The fourth-order valence-electron chi connectivity index (χ4n) is 0.980. The van der Waals surface area contributed by atoms with Gasteiger partial charge in [-0.2, -0.15) is 12.6 Å². The first-order valence-electron chi connectivity index (χ1n) is 3.54. The third-order valence-corrected chi connectivity index (χ3v) is 1.69. The van der Waals surface area contributed by atoms with Crippen molar-refractivity contribution in [3.8, 4) is 0 Å². The molecule has 0 fully saturated rings. The van der Waals surface area contributed by atoms with Gasteiger partial charge in [0.05, 0.1) is 16.7 Å². The summed E-state index contributed by atoms with van der Waals surface area (Å²) in [5.74, 6) is 0.878. The molecule has 1 aromatic heterocycles. The molecule has 3 heteroatoms. The largest absolute Gasteiger partial charge is 0.466 e. The molecule has 1 heterocycles. The summed E-state index contributed by atoms with van der Waals surface area (Å²) >= 11 is 4.40. The molecule has 0 saturated carbocycles. The molecule has 0 radical (unpaired) electrons. The molecular formula is C8H13NOS. The average Bonchev–Trinajstić information content (AvgIpc) is 2.31. The Kier molecular flexibility index (Phi) is 2.18. The number of furan rings is 1. The van der Waals surface area contributed by atoms with Crippen LogP contribution in [0.5, 0.6) is 0 Å². The van der Waals surface area contributed by atoms with Crippen LogP contribution in [0, 0.1) is 0 Å². The molecule has 0 aliphatic rings. The normalized spacial score (nSPS) is 11.6. The van der Waals surface area contributed by atoms with Gasteiger partial charge in [-0.3, -0.25) is 0 Å². The van der Waals surface area contributed by atoms with Crippen LogP contribution < -0.4 is 5.32 Å². The summed E-state index contributed by atoms with van der Waals surface area (Å²) in [5.41, 5.74) is 1.00. The van der Waals surface area contributed by atoms with E-state index < -0.39 is 0 Å². The summed E-state index contributed by atoms with van der Waals surface area (Å²) in [4.78, 5) is 0. The van der Waals surface area contributed by atoms with Gasteiger partial charge < -0.3 is 9.73 Å². The minimum absolute atomic E-state index is 0.220. The predicted molar refractivity (Wildman–Crippen MR) is 50.3 cm³/mol. The second-order valence-electron chi connectivity index (χ2n) is 2.97. The zero-order chi connectivity index (χ0) is 8.48. The summed E-state index contributed by atoms with van der Waals surface area (Å²) in [5, 5.41) is 3.04. The van der Waals surface area contributed by atoms with Gasteiger partial charge in [0.25, 0.3) is 0 Å². The van der Waals surface area contributed by atoms with Crippen LogP contribution in [0.25, 0.3) is 0 Å². The lowest BCUT2D eigenvalue weighted by molar-refractivity contribution is 0.472. The first-order valence-corrected chi connectivity index (χ1v) is 3.98. The Labute approximate surface area is 72.4 Å². The standard InChI is InChI=1S/C8H13NOS/c1-8(2,11)7-6(9-3)4-5-10-7/h4-5,9,11H,1-3H3. The molecule has 1 aromatic rings. The van der Waals surface area contributed by atoms with E-state index in [1.807, 2.05) is 27.0 Å². The zero-order valence-electron chi connectivity index (χ0n) is 7.01. The number of thiol groups is 1. The molecule has 1 N–H and O–H groups in total. The first-order chi connectivity index (χ1) is 5.05. The maximum Gasteiger partial charge on any atom is 0.141 e. The van der Waals surface area contributed by atoms with E-state index in [-0.39, 0.29) is 4.75 Å². The van der Waals surface area contributed by atoms with Crippen LogP contribution in [0.15, 0.2) is 16.7 Å². The van der Waals surface area contributed by atoms with Gasteiger partial charge in [-0.15, -0.1) is 0 Å². The van der Waals surface area contributed by atoms with Crippen LogP contribution in [0.3, 0.4) is 0 Å². The number of hydrogen-bond acceptors (Lipinski definition) is 3. The monoisotopic (exact) mass is 171 g/mol. The van der Waals surface area contributed by atoms with E-state index in [2.05, 4.69) is 17.9 Å². The van der Waals surface area contributed by atoms with Crippen molar-refractivity contribution >= 4 is 18.3 Å². The van der Waals surface area contributed by atoms with Crippen LogP contribution in [0.4, 0.5) is 5.69 Å². The highest BCUT2D eigenvalue weighted by Gasteiger charge is 2.21. The lowest BCUT2D eigenvalue weighted by Crippen LogP contribution is -2.08. The minimum Gasteiger partial charge on any atom is -0.466 e. The lowest BCUT2D eigenvalue weighted by Gasteiger charge is -2.15. The van der Waals surface area contributed by atoms with Crippen molar-refractivity contribution < 1.29 is 4.42 Å². The van der Waals surface area contributed by atoms with Crippen molar-refractivity contribution in [1.82, 2.24) is 0 Å². The van der Waals surface area contributed by atoms with Gasteiger partial charge in [0.15, 0.2) is 0 Å². The Bertz CT molecular complexity index is 236. The van der Waals surface area contributed by atoms with E-state index in [1.54, 1.807) is 6.26 Å². The molecule has 0 unspecified atom stereocenters. The molecule has 0 aliphatic carbocycles. The third-order valence-electron chi connectivity index (χ3n) is 1.49. The van der Waals surface area contributed by atoms with E-state index in [0.717, 1.165) is 11.4 Å². The second-order valence-corrected chi connectivity index (χ2v) is 4.09. The van der Waals surface area contributed by atoms with Gasteiger partial charge in [-0.05, 0) is 19.9 Å². The van der Waals surface area contributed by atoms with Crippen LogP contribution >= 0.6 is 12.6 Å². The van der Waals surface area contributed by atoms with Crippen molar-refractivity contribution in [2.75, 3.05) is 12.4 Å². The van der Waals surface area contributed by atoms with Crippen molar-refractivity contribution in [3.05, 3.63) is 18.1 Å². The van der Waals surface area contributed by atoms with Crippen LogP contribution in [0.1, 0.15) is 19.6 Å². The smallest absolute Gasteiger partial charge is 0.141 e. The minimum atomic E-state index is -0.220. The summed E-state index contributed by atoms with van der Waals surface area (Å²) in [6.45, 7) is 3.99. The van der Waals surface area contributed by atoms with E-state index >= 15 is 0 Å². The highest BCUT2D eigenvalue weighted by atomic mass is 32.1. The number of anilines is 1. The summed E-state index contributed by atoms with van der Waals surface area (Å²) < 4.78 is 5.06. The number of nitrogens with one attached hydrogen (secondary N) is 1. The molecule has 0 aliphatic heterocycles. The Morgan fingerprint density at radius 3 is 2.55 bits per heavy atom. The molecule has 0 amide bonds. The Morgan fingerprint density at radius 1 is 1.55 bits per heavy atom. The van der Waals surface area contributed by atoms with E-state index in [4.69, 9.17) is 4.42 Å². The first kappa shape index (κ1) is 8.53. The van der Waals surface area contributed by atoms with Crippen LogP contribution in [-0.4, -0.2) is 7.05 Å². The van der Waals surface area contributed by atoms with E-state index in [1.165, 1.54) is 0 Å². The zero-order valence-corrected chi connectivity index (χ0v) is 7.90. The number of rotatable bonds is 2. The Hall–Kier alpha value is -0.570. The maximum atomic E-state index is 5.28. The topological polar surface area (TPSA) is 25.2 Å². The van der Waals surface area contributed by atoms with Gasteiger partial charge >= 0.3 is 0 Å². The van der Waals surface area contributed by atoms with Gasteiger partial charge in [0.1, 0.15) is 5.76 Å². The molecule has 0 spiro atoms.